The molecule has 0 atom stereocenters. The van der Waals surface area contributed by atoms with Crippen molar-refractivity contribution in [2.45, 2.75) is 0 Å². The normalized spacial score (nSPS) is 11.7. The van der Waals surface area contributed by atoms with Crippen molar-refractivity contribution in [2.75, 3.05) is 5.32 Å². The molecule has 8 heteroatoms. The summed E-state index contributed by atoms with van der Waals surface area (Å²) < 4.78 is 9.08. The molecule has 0 bridgehead atoms. The maximum absolute atomic E-state index is 8.93. The van der Waals surface area contributed by atoms with Crippen LogP contribution in [0.2, 0.25) is 10.0 Å². The van der Waals surface area contributed by atoms with Gasteiger partial charge in [-0.15, -0.1) is 0 Å². The predicted molar refractivity (Wildman–Crippen MR) is 90.1 cm³/mol. The van der Waals surface area contributed by atoms with E-state index in [9.17, 15) is 0 Å². The summed E-state index contributed by atoms with van der Waals surface area (Å²) in [7, 11) is 0. The van der Waals surface area contributed by atoms with E-state index in [-0.39, 0.29) is 0 Å². The van der Waals surface area contributed by atoms with E-state index in [0.717, 1.165) is 17.0 Å². The highest BCUT2D eigenvalue weighted by atomic mass is 79.9. The second-order valence-electron chi connectivity index (χ2n) is 4.11. The summed E-state index contributed by atoms with van der Waals surface area (Å²) in [6.45, 7) is 0. The molecule has 0 saturated heterocycles. The molecule has 0 saturated carbocycles. The first-order valence-electron chi connectivity index (χ1n) is 5.67. The number of nitrogens with zero attached hydrogens (tertiary/aromatic N) is 3. The molecule has 1 N–H and O–H groups in total. The minimum Gasteiger partial charge on any atom is -0.352 e. The molecule has 0 aromatic heterocycles. The lowest BCUT2D eigenvalue weighted by atomic mass is 10.2. The van der Waals surface area contributed by atoms with Gasteiger partial charge in [-0.3, -0.25) is 0 Å². The summed E-state index contributed by atoms with van der Waals surface area (Å²) in [5, 5.41) is 13.1. The van der Waals surface area contributed by atoms with Crippen LogP contribution in [0.3, 0.4) is 0 Å². The van der Waals surface area contributed by atoms with Crippen LogP contribution in [0.1, 0.15) is 5.56 Å². The summed E-state index contributed by atoms with van der Waals surface area (Å²) >= 11 is 16.8. The molecule has 2 aromatic carbocycles. The van der Waals surface area contributed by atoms with Crippen molar-refractivity contribution in [2.24, 2.45) is 8.73 Å². The first-order valence-corrected chi connectivity index (χ1v) is 7.95. The zero-order valence-electron chi connectivity index (χ0n) is 10.2. The summed E-state index contributed by atoms with van der Waals surface area (Å²) in [6, 6.07) is 9.03. The van der Waals surface area contributed by atoms with Crippen LogP contribution >= 0.6 is 39.1 Å². The van der Waals surface area contributed by atoms with Crippen LogP contribution in [0.25, 0.3) is 0 Å². The van der Waals surface area contributed by atoms with E-state index in [1.807, 2.05) is 0 Å². The van der Waals surface area contributed by atoms with Crippen molar-refractivity contribution in [3.8, 4) is 6.07 Å². The number of rotatable bonds is 2. The van der Waals surface area contributed by atoms with E-state index in [2.05, 4.69) is 36.0 Å². The summed E-state index contributed by atoms with van der Waals surface area (Å²) in [4.78, 5) is 0. The lowest BCUT2D eigenvalue weighted by Gasteiger charge is -2.12. The molecule has 2 aromatic rings. The standard InChI is InChI=1S/C13H5BrCl2N4S/c14-8-3-7(2-1-6(8)5-17)18-11-9(15)4-10(16)12-13(11)20-21-19-12/h1-4,18H. The molecule has 0 amide bonds. The Hall–Kier alpha value is -1.39. The summed E-state index contributed by atoms with van der Waals surface area (Å²) in [5.74, 6) is 0. The Balaban J connectivity index is 2.04. The van der Waals surface area contributed by atoms with E-state index in [1.54, 1.807) is 24.3 Å². The van der Waals surface area contributed by atoms with Gasteiger partial charge in [0.2, 0.25) is 0 Å². The number of anilines is 2. The van der Waals surface area contributed by atoms with Gasteiger partial charge in [-0.2, -0.15) is 14.0 Å². The smallest absolute Gasteiger partial charge is 0.131 e. The number of nitriles is 1. The van der Waals surface area contributed by atoms with Gasteiger partial charge in [0.25, 0.3) is 0 Å². The van der Waals surface area contributed by atoms with Crippen LogP contribution in [0, 0.1) is 11.3 Å². The van der Waals surface area contributed by atoms with Crippen molar-refractivity contribution in [3.05, 3.63) is 44.3 Å². The average Bonchev–Trinajstić information content (AvgIpc) is 2.93. The zero-order valence-corrected chi connectivity index (χ0v) is 14.1. The third-order valence-electron chi connectivity index (χ3n) is 2.80. The van der Waals surface area contributed by atoms with Crippen LogP contribution in [0.4, 0.5) is 22.7 Å². The van der Waals surface area contributed by atoms with Crippen molar-refractivity contribution in [3.63, 3.8) is 0 Å². The van der Waals surface area contributed by atoms with Gasteiger partial charge in [-0.1, -0.05) is 23.2 Å². The Kier molecular flexibility index (Phi) is 4.00. The molecule has 21 heavy (non-hydrogen) atoms. The summed E-state index contributed by atoms with van der Waals surface area (Å²) in [6.07, 6.45) is 0. The van der Waals surface area contributed by atoms with Gasteiger partial charge >= 0.3 is 0 Å². The Labute approximate surface area is 142 Å². The molecule has 1 aliphatic heterocycles. The highest BCUT2D eigenvalue weighted by molar-refractivity contribution is 9.10. The number of hydrogen-bond donors (Lipinski definition) is 1. The van der Waals surface area contributed by atoms with Crippen molar-refractivity contribution in [1.29, 1.82) is 5.26 Å². The molecule has 0 unspecified atom stereocenters. The zero-order chi connectivity index (χ0) is 15.0. The molecule has 0 aliphatic carbocycles. The molecular formula is C13H5BrCl2N4S. The van der Waals surface area contributed by atoms with Crippen molar-refractivity contribution >= 4 is 73.2 Å². The second kappa shape index (κ2) is 5.78. The van der Waals surface area contributed by atoms with Gasteiger partial charge in [-0.05, 0) is 40.2 Å². The first kappa shape index (κ1) is 14.5. The number of hydrogen-bond acceptors (Lipinski definition) is 4. The van der Waals surface area contributed by atoms with E-state index < -0.39 is 0 Å². The van der Waals surface area contributed by atoms with Gasteiger partial charge in [-0.25, -0.2) is 0 Å². The molecule has 3 rings (SSSR count). The third-order valence-corrected chi connectivity index (χ3v) is 4.57. The van der Waals surface area contributed by atoms with Crippen LogP contribution in [0.15, 0.2) is 37.5 Å². The van der Waals surface area contributed by atoms with Gasteiger partial charge in [0, 0.05) is 10.2 Å². The van der Waals surface area contributed by atoms with E-state index in [1.165, 1.54) is 0 Å². The van der Waals surface area contributed by atoms with Gasteiger partial charge in [0.15, 0.2) is 0 Å². The van der Waals surface area contributed by atoms with Crippen LogP contribution in [0.5, 0.6) is 0 Å². The van der Waals surface area contributed by atoms with Crippen LogP contribution in [-0.2, 0) is 11.4 Å². The third kappa shape index (κ3) is 2.70. The number of nitrogens with one attached hydrogen (secondary N) is 1. The van der Waals surface area contributed by atoms with Crippen molar-refractivity contribution in [1.82, 2.24) is 0 Å². The maximum Gasteiger partial charge on any atom is 0.131 e. The molecule has 0 spiro atoms. The Morgan fingerprint density at radius 2 is 1.90 bits per heavy atom. The number of halogens is 3. The quantitative estimate of drug-likeness (QED) is 0.565. The second-order valence-corrected chi connectivity index (χ2v) is 6.31. The van der Waals surface area contributed by atoms with E-state index >= 15 is 0 Å². The lowest BCUT2D eigenvalue weighted by molar-refractivity contribution is 1.45. The highest BCUT2D eigenvalue weighted by Gasteiger charge is 2.19. The monoisotopic (exact) mass is 398 g/mol. The molecular weight excluding hydrogens is 395 g/mol. The fourth-order valence-electron chi connectivity index (χ4n) is 1.82. The largest absolute Gasteiger partial charge is 0.352 e. The Morgan fingerprint density at radius 1 is 1.14 bits per heavy atom. The number of benzene rings is 2. The Morgan fingerprint density at radius 3 is 2.62 bits per heavy atom. The van der Waals surface area contributed by atoms with E-state index in [4.69, 9.17) is 28.5 Å². The molecule has 104 valence electrons. The van der Waals surface area contributed by atoms with Crippen LogP contribution in [-0.4, -0.2) is 0 Å². The summed E-state index contributed by atoms with van der Waals surface area (Å²) in [5.41, 5.74) is 3.21. The topological polar surface area (TPSA) is 60.5 Å². The SMILES string of the molecule is N#Cc1ccc(Nc2c(Cl)cc(Cl)c3c2N=S=N3)cc1Br. The van der Waals surface area contributed by atoms with Gasteiger partial charge < -0.3 is 5.32 Å². The van der Waals surface area contributed by atoms with Crippen LogP contribution < -0.4 is 5.32 Å². The number of fused-ring (bicyclic) bond motifs is 1. The Bertz CT molecular complexity index is 869. The molecule has 1 heterocycles. The highest BCUT2D eigenvalue weighted by Crippen LogP contribution is 2.48. The lowest BCUT2D eigenvalue weighted by Crippen LogP contribution is -1.93. The molecule has 0 radical (unpaired) electrons. The first-order chi connectivity index (χ1) is 10.1. The maximum atomic E-state index is 8.93. The van der Waals surface area contributed by atoms with Crippen molar-refractivity contribution < 1.29 is 0 Å². The van der Waals surface area contributed by atoms with Gasteiger partial charge in [0.1, 0.15) is 17.4 Å². The minimum absolute atomic E-state index is 0.459. The fraction of sp³-hybridized carbons (Fsp3) is 0. The molecule has 4 nitrogen and oxygen atoms in total. The van der Waals surface area contributed by atoms with E-state index in [0.29, 0.717) is 37.1 Å². The predicted octanol–water partition coefficient (Wildman–Crippen LogP) is 6.10. The minimum atomic E-state index is 0.459. The van der Waals surface area contributed by atoms with Gasteiger partial charge in [0.05, 0.1) is 32.7 Å². The fourth-order valence-corrected chi connectivity index (χ4v) is 3.45. The molecule has 0 fully saturated rings. The molecule has 1 aliphatic rings. The average molecular weight is 400 g/mol.